The van der Waals surface area contributed by atoms with Gasteiger partial charge in [0.25, 0.3) is 5.91 Å². The standard InChI is InChI=1S/C43H51FN6O8/c1-58-42(57)33-15-7-10-22-45-38(53)27-46-40(55)34(49-37(52)26-43(20-8-9-21-43)25-36(51)48-33)23-28-16-18-31(19-17-28)47-41(56)35(24-30-13-5-6-14-32(30)44)50-39(54)29-11-3-2-4-12-29/h2-6,11-14,16-19,33-35H,7-10,15,20-27H2,1H3,(H,45,53)(H,46,55)(H,47,56)(H,48,51)(H,49,52)(H,50,54)/t33-,34+,35-/m0/s1. The van der Waals surface area contributed by atoms with E-state index in [2.05, 4.69) is 31.9 Å². The van der Waals surface area contributed by atoms with Crippen LogP contribution in [0, 0.1) is 11.2 Å². The zero-order valence-electron chi connectivity index (χ0n) is 32.6. The van der Waals surface area contributed by atoms with Crippen molar-refractivity contribution < 1.29 is 42.7 Å². The van der Waals surface area contributed by atoms with Crippen LogP contribution in [-0.4, -0.2) is 79.7 Å². The number of hydrogen-bond acceptors (Lipinski definition) is 8. The molecule has 2 fully saturated rings. The number of carbonyl (C=O) groups excluding carboxylic acids is 7. The Balaban J connectivity index is 1.29. The van der Waals surface area contributed by atoms with Crippen molar-refractivity contribution in [2.75, 3.05) is 25.5 Å². The number of anilines is 1. The fourth-order valence-electron chi connectivity index (χ4n) is 7.48. The normalized spacial score (nSPS) is 19.9. The Kier molecular flexibility index (Phi) is 15.5. The summed E-state index contributed by atoms with van der Waals surface area (Å²) in [5.41, 5.74) is 0.910. The second-order valence-electron chi connectivity index (χ2n) is 15.0. The summed E-state index contributed by atoms with van der Waals surface area (Å²) in [6.07, 6.45) is 4.19. The Hall–Kier alpha value is -6.12. The predicted octanol–water partition coefficient (Wildman–Crippen LogP) is 3.25. The topological polar surface area (TPSA) is 201 Å². The molecule has 1 saturated carbocycles. The lowest BCUT2D eigenvalue weighted by Crippen LogP contribution is -2.51. The number of halogens is 1. The van der Waals surface area contributed by atoms with Crippen molar-refractivity contribution in [2.24, 2.45) is 5.41 Å². The number of methoxy groups -OCH3 is 1. The maximum Gasteiger partial charge on any atom is 0.328 e. The molecular weight excluding hydrogens is 748 g/mol. The molecule has 3 atom stereocenters. The summed E-state index contributed by atoms with van der Waals surface area (Å²) < 4.78 is 19.5. The van der Waals surface area contributed by atoms with Crippen LogP contribution in [0.4, 0.5) is 10.1 Å². The van der Waals surface area contributed by atoms with Crippen LogP contribution in [0.3, 0.4) is 0 Å². The Morgan fingerprint density at radius 3 is 2.17 bits per heavy atom. The summed E-state index contributed by atoms with van der Waals surface area (Å²) in [7, 11) is 1.25. The number of nitrogens with one attached hydrogen (secondary N) is 6. The highest BCUT2D eigenvalue weighted by Gasteiger charge is 2.39. The minimum atomic E-state index is -1.13. The number of amides is 6. The highest BCUT2D eigenvalue weighted by Crippen LogP contribution is 2.44. The molecule has 2 aliphatic rings. The van der Waals surface area contributed by atoms with Gasteiger partial charge in [0.1, 0.15) is 23.9 Å². The highest BCUT2D eigenvalue weighted by atomic mass is 19.1. The maximum absolute atomic E-state index is 14.6. The summed E-state index contributed by atoms with van der Waals surface area (Å²) in [5.74, 6) is -3.97. The van der Waals surface area contributed by atoms with E-state index in [1.54, 1.807) is 66.7 Å². The summed E-state index contributed by atoms with van der Waals surface area (Å²) in [4.78, 5) is 92.1. The lowest BCUT2D eigenvalue weighted by atomic mass is 9.78. The van der Waals surface area contributed by atoms with Crippen LogP contribution in [-0.2, 0) is 46.3 Å². The van der Waals surface area contributed by atoms with Gasteiger partial charge in [-0.25, -0.2) is 9.18 Å². The molecule has 1 spiro atoms. The van der Waals surface area contributed by atoms with Gasteiger partial charge in [0.15, 0.2) is 0 Å². The molecule has 6 N–H and O–H groups in total. The Morgan fingerprint density at radius 1 is 0.810 bits per heavy atom. The second-order valence-corrected chi connectivity index (χ2v) is 15.0. The molecule has 58 heavy (non-hydrogen) atoms. The summed E-state index contributed by atoms with van der Waals surface area (Å²) in [5, 5.41) is 16.5. The van der Waals surface area contributed by atoms with Gasteiger partial charge in [-0.05, 0) is 79.0 Å². The highest BCUT2D eigenvalue weighted by molar-refractivity contribution is 6.01. The first-order valence-corrected chi connectivity index (χ1v) is 19.6. The number of carbonyl (C=O) groups is 7. The molecule has 6 amide bonds. The summed E-state index contributed by atoms with van der Waals surface area (Å²) in [6, 6.07) is 17.8. The third kappa shape index (κ3) is 12.7. The summed E-state index contributed by atoms with van der Waals surface area (Å²) in [6.45, 7) is -0.0399. The molecule has 3 aromatic rings. The Bertz CT molecular complexity index is 1940. The van der Waals surface area contributed by atoms with Gasteiger partial charge >= 0.3 is 5.97 Å². The van der Waals surface area contributed by atoms with Gasteiger partial charge in [0.2, 0.25) is 29.5 Å². The first-order valence-electron chi connectivity index (χ1n) is 19.6. The van der Waals surface area contributed by atoms with Crippen molar-refractivity contribution in [3.63, 3.8) is 0 Å². The SMILES string of the molecule is COC(=O)[C@@H]1CCCCNC(=O)CNC(=O)[C@@H](Cc2ccc(NC(=O)[C@H](Cc3ccccc3F)NC(=O)c3ccccc3)cc2)NC(=O)CC2(CCCC2)CC(=O)N1. The molecule has 1 heterocycles. The Morgan fingerprint density at radius 2 is 1.48 bits per heavy atom. The molecule has 1 aliphatic heterocycles. The van der Waals surface area contributed by atoms with E-state index in [-0.39, 0.29) is 50.2 Å². The number of rotatable bonds is 9. The zero-order valence-corrected chi connectivity index (χ0v) is 32.6. The van der Waals surface area contributed by atoms with Crippen molar-refractivity contribution in [3.05, 3.63) is 101 Å². The number of hydrogen-bond donors (Lipinski definition) is 6. The minimum absolute atomic E-state index is 0.0204. The van der Waals surface area contributed by atoms with Crippen LogP contribution < -0.4 is 31.9 Å². The van der Waals surface area contributed by atoms with E-state index in [0.717, 1.165) is 12.8 Å². The van der Waals surface area contributed by atoms with Crippen LogP contribution in [0.5, 0.6) is 0 Å². The fourth-order valence-corrected chi connectivity index (χ4v) is 7.48. The molecule has 0 radical (unpaired) electrons. The molecule has 3 aromatic carbocycles. The van der Waals surface area contributed by atoms with Gasteiger partial charge in [-0.2, -0.15) is 0 Å². The molecular formula is C43H51FN6O8. The van der Waals surface area contributed by atoms with E-state index in [1.165, 1.54) is 19.2 Å². The van der Waals surface area contributed by atoms with E-state index in [1.807, 2.05) is 0 Å². The van der Waals surface area contributed by atoms with E-state index in [9.17, 15) is 38.0 Å². The van der Waals surface area contributed by atoms with Crippen LogP contribution in [0.25, 0.3) is 0 Å². The molecule has 0 unspecified atom stereocenters. The molecule has 308 valence electrons. The molecule has 0 aromatic heterocycles. The largest absolute Gasteiger partial charge is 0.467 e. The van der Waals surface area contributed by atoms with Crippen molar-refractivity contribution in [1.29, 1.82) is 0 Å². The van der Waals surface area contributed by atoms with Crippen LogP contribution >= 0.6 is 0 Å². The fraction of sp³-hybridized carbons (Fsp3) is 0.419. The van der Waals surface area contributed by atoms with Gasteiger partial charge in [0.05, 0.1) is 13.7 Å². The van der Waals surface area contributed by atoms with Crippen molar-refractivity contribution in [3.8, 4) is 0 Å². The smallest absolute Gasteiger partial charge is 0.328 e. The van der Waals surface area contributed by atoms with Crippen molar-refractivity contribution in [1.82, 2.24) is 26.6 Å². The zero-order chi connectivity index (χ0) is 41.5. The molecule has 0 bridgehead atoms. The van der Waals surface area contributed by atoms with E-state index >= 15 is 0 Å². The maximum atomic E-state index is 14.6. The third-order valence-electron chi connectivity index (χ3n) is 10.6. The molecule has 1 saturated heterocycles. The third-order valence-corrected chi connectivity index (χ3v) is 10.6. The first kappa shape index (κ1) is 43.0. The summed E-state index contributed by atoms with van der Waals surface area (Å²) >= 11 is 0. The minimum Gasteiger partial charge on any atom is -0.467 e. The lowest BCUT2D eigenvalue weighted by molar-refractivity contribution is -0.145. The predicted molar refractivity (Wildman–Crippen MR) is 212 cm³/mol. The monoisotopic (exact) mass is 798 g/mol. The van der Waals surface area contributed by atoms with E-state index in [4.69, 9.17) is 4.74 Å². The van der Waals surface area contributed by atoms with Gasteiger partial charge in [-0.15, -0.1) is 0 Å². The number of benzene rings is 3. The van der Waals surface area contributed by atoms with Crippen molar-refractivity contribution in [2.45, 2.75) is 88.8 Å². The van der Waals surface area contributed by atoms with E-state index in [0.29, 0.717) is 48.9 Å². The molecule has 1 aliphatic carbocycles. The average Bonchev–Trinajstić information content (AvgIpc) is 3.66. The van der Waals surface area contributed by atoms with Gasteiger partial charge in [0, 0.05) is 43.5 Å². The first-order chi connectivity index (χ1) is 27.9. The average molecular weight is 799 g/mol. The lowest BCUT2D eigenvalue weighted by Gasteiger charge is -2.29. The second kappa shape index (κ2) is 20.9. The van der Waals surface area contributed by atoms with Gasteiger partial charge in [-0.1, -0.05) is 61.4 Å². The van der Waals surface area contributed by atoms with Crippen LogP contribution in [0.2, 0.25) is 0 Å². The Labute approximate surface area is 336 Å². The molecule has 14 nitrogen and oxygen atoms in total. The van der Waals surface area contributed by atoms with Gasteiger partial charge < -0.3 is 36.6 Å². The number of ether oxygens (including phenoxy) is 1. The van der Waals surface area contributed by atoms with Crippen LogP contribution in [0.15, 0.2) is 78.9 Å². The van der Waals surface area contributed by atoms with Crippen LogP contribution in [0.1, 0.15) is 79.3 Å². The molecule has 15 heteroatoms. The quantitative estimate of drug-likeness (QED) is 0.177. The van der Waals surface area contributed by atoms with E-state index < -0.39 is 64.9 Å². The van der Waals surface area contributed by atoms with Crippen molar-refractivity contribution >= 4 is 47.1 Å². The van der Waals surface area contributed by atoms with Gasteiger partial charge in [-0.3, -0.25) is 28.8 Å². The number of esters is 1. The molecule has 5 rings (SSSR count).